The Labute approximate surface area is 126 Å². The van der Waals surface area contributed by atoms with Crippen LogP contribution in [0, 0.1) is 0 Å². The first kappa shape index (κ1) is 14.8. The summed E-state index contributed by atoms with van der Waals surface area (Å²) in [6.45, 7) is -2.82. The molecule has 2 heterocycles. The second-order valence-corrected chi connectivity index (χ2v) is 6.64. The number of halogens is 2. The van der Waals surface area contributed by atoms with E-state index in [2.05, 4.69) is 4.74 Å². The van der Waals surface area contributed by atoms with E-state index in [1.807, 2.05) is 0 Å². The van der Waals surface area contributed by atoms with Gasteiger partial charge in [-0.3, -0.25) is 4.31 Å². The predicted octanol–water partition coefficient (Wildman–Crippen LogP) is 3.02. The van der Waals surface area contributed by atoms with Crippen molar-refractivity contribution >= 4 is 15.7 Å². The van der Waals surface area contributed by atoms with E-state index in [1.165, 1.54) is 18.4 Å². The quantitative estimate of drug-likeness (QED) is 0.865. The van der Waals surface area contributed by atoms with Gasteiger partial charge in [0.15, 0.2) is 5.75 Å². The lowest BCUT2D eigenvalue weighted by Gasteiger charge is -2.31. The van der Waals surface area contributed by atoms with Crippen LogP contribution in [0.25, 0.3) is 0 Å². The number of para-hydroxylation sites is 1. The first-order chi connectivity index (χ1) is 10.5. The van der Waals surface area contributed by atoms with Crippen LogP contribution in [0.5, 0.6) is 5.75 Å². The van der Waals surface area contributed by atoms with Crippen molar-refractivity contribution in [1.29, 1.82) is 0 Å². The molecule has 0 fully saturated rings. The third-order valence-electron chi connectivity index (χ3n) is 3.44. The van der Waals surface area contributed by atoms with Crippen molar-refractivity contribution in [2.45, 2.75) is 24.3 Å². The number of hydrogen-bond acceptors (Lipinski definition) is 4. The van der Waals surface area contributed by atoms with Gasteiger partial charge in [0.1, 0.15) is 11.2 Å². The summed E-state index contributed by atoms with van der Waals surface area (Å²) < 4.78 is 60.9. The Balaban J connectivity index is 2.11. The molecule has 8 heteroatoms. The maximum atomic E-state index is 12.7. The smallest absolute Gasteiger partial charge is 0.387 e. The first-order valence-corrected chi connectivity index (χ1v) is 8.06. The Kier molecular flexibility index (Phi) is 3.78. The lowest BCUT2D eigenvalue weighted by molar-refractivity contribution is -0.0495. The highest BCUT2D eigenvalue weighted by Crippen LogP contribution is 2.40. The summed E-state index contributed by atoms with van der Waals surface area (Å²) in [6, 6.07) is 5.95. The number of sulfonamides is 1. The fourth-order valence-corrected chi connectivity index (χ4v) is 4.01. The van der Waals surface area contributed by atoms with Gasteiger partial charge in [0.25, 0.3) is 10.0 Å². The van der Waals surface area contributed by atoms with Gasteiger partial charge < -0.3 is 9.15 Å². The van der Waals surface area contributed by atoms with E-state index in [-0.39, 0.29) is 22.9 Å². The molecule has 0 saturated carbocycles. The number of fused-ring (bicyclic) bond motifs is 1. The summed E-state index contributed by atoms with van der Waals surface area (Å²) >= 11 is 0. The second-order valence-electron chi connectivity index (χ2n) is 4.78. The standard InChI is InChI=1S/C14H13F2NO4S/c15-14(16)21-12-5-1-3-10-4-2-7-17(13(10)12)22(18,19)11-6-8-20-9-11/h1,3,5-6,8-9,14H,2,4,7H2. The second kappa shape index (κ2) is 5.60. The zero-order valence-corrected chi connectivity index (χ0v) is 12.2. The van der Waals surface area contributed by atoms with Gasteiger partial charge in [0.2, 0.25) is 0 Å². The zero-order valence-electron chi connectivity index (χ0n) is 11.4. The Morgan fingerprint density at radius 2 is 2.09 bits per heavy atom. The van der Waals surface area contributed by atoms with Crippen molar-refractivity contribution in [3.8, 4) is 5.75 Å². The molecule has 22 heavy (non-hydrogen) atoms. The molecule has 0 saturated heterocycles. The number of hydrogen-bond donors (Lipinski definition) is 0. The van der Waals surface area contributed by atoms with Crippen LogP contribution >= 0.6 is 0 Å². The molecule has 1 aliphatic rings. The lowest BCUT2D eigenvalue weighted by atomic mass is 10.0. The van der Waals surface area contributed by atoms with E-state index in [9.17, 15) is 17.2 Å². The highest BCUT2D eigenvalue weighted by molar-refractivity contribution is 7.92. The molecule has 2 aromatic rings. The number of benzene rings is 1. The fourth-order valence-electron chi connectivity index (χ4n) is 2.53. The lowest BCUT2D eigenvalue weighted by Crippen LogP contribution is -2.35. The number of aryl methyl sites for hydroxylation is 1. The van der Waals surface area contributed by atoms with Gasteiger partial charge in [-0.1, -0.05) is 12.1 Å². The van der Waals surface area contributed by atoms with Gasteiger partial charge >= 0.3 is 6.61 Å². The number of rotatable bonds is 4. The van der Waals surface area contributed by atoms with Gasteiger partial charge in [-0.15, -0.1) is 0 Å². The zero-order chi connectivity index (χ0) is 15.7. The summed E-state index contributed by atoms with van der Waals surface area (Å²) in [5.74, 6) is -0.140. The fraction of sp³-hybridized carbons (Fsp3) is 0.286. The molecule has 1 aromatic carbocycles. The Bertz CT molecular complexity index is 759. The average molecular weight is 329 g/mol. The predicted molar refractivity (Wildman–Crippen MR) is 74.6 cm³/mol. The monoisotopic (exact) mass is 329 g/mol. The van der Waals surface area contributed by atoms with Crippen LogP contribution in [-0.4, -0.2) is 21.6 Å². The number of ether oxygens (including phenoxy) is 1. The maximum Gasteiger partial charge on any atom is 0.387 e. The molecule has 1 aromatic heterocycles. The van der Waals surface area contributed by atoms with Crippen LogP contribution in [0.3, 0.4) is 0 Å². The van der Waals surface area contributed by atoms with Crippen LogP contribution < -0.4 is 9.04 Å². The van der Waals surface area contributed by atoms with Crippen molar-refractivity contribution in [2.75, 3.05) is 10.8 Å². The van der Waals surface area contributed by atoms with Crippen LogP contribution in [-0.2, 0) is 16.4 Å². The van der Waals surface area contributed by atoms with Gasteiger partial charge in [0.05, 0.1) is 12.0 Å². The van der Waals surface area contributed by atoms with Crippen molar-refractivity contribution < 1.29 is 26.4 Å². The molecule has 0 aliphatic carbocycles. The molecule has 5 nitrogen and oxygen atoms in total. The molecule has 0 N–H and O–H groups in total. The van der Waals surface area contributed by atoms with E-state index in [4.69, 9.17) is 4.42 Å². The van der Waals surface area contributed by atoms with E-state index in [0.717, 1.165) is 10.6 Å². The molecule has 118 valence electrons. The van der Waals surface area contributed by atoms with Crippen LogP contribution in [0.2, 0.25) is 0 Å². The summed E-state index contributed by atoms with van der Waals surface area (Å²) in [5, 5.41) is 0. The third kappa shape index (κ3) is 2.54. The molecule has 0 amide bonds. The minimum Gasteiger partial charge on any atom is -0.471 e. The number of nitrogens with zero attached hydrogens (tertiary/aromatic N) is 1. The largest absolute Gasteiger partial charge is 0.471 e. The Morgan fingerprint density at radius 1 is 1.27 bits per heavy atom. The maximum absolute atomic E-state index is 12.7. The van der Waals surface area contributed by atoms with Crippen LogP contribution in [0.15, 0.2) is 46.1 Å². The molecule has 0 unspecified atom stereocenters. The number of alkyl halides is 2. The van der Waals surface area contributed by atoms with Crippen molar-refractivity contribution in [2.24, 2.45) is 0 Å². The SMILES string of the molecule is O=S(=O)(c1ccoc1)N1CCCc2cccc(OC(F)F)c21. The van der Waals surface area contributed by atoms with Crippen molar-refractivity contribution in [1.82, 2.24) is 0 Å². The van der Waals surface area contributed by atoms with E-state index in [0.29, 0.717) is 18.4 Å². The van der Waals surface area contributed by atoms with Crippen LogP contribution in [0.1, 0.15) is 12.0 Å². The molecule has 3 rings (SSSR count). The Hall–Kier alpha value is -2.09. The molecule has 0 bridgehead atoms. The van der Waals surface area contributed by atoms with Gasteiger partial charge in [-0.05, 0) is 30.5 Å². The first-order valence-electron chi connectivity index (χ1n) is 6.62. The molecular formula is C14H13F2NO4S. The summed E-state index contributed by atoms with van der Waals surface area (Å²) in [5.41, 5.74) is 0.840. The van der Waals surface area contributed by atoms with Crippen LogP contribution in [0.4, 0.5) is 14.5 Å². The highest BCUT2D eigenvalue weighted by atomic mass is 32.2. The van der Waals surface area contributed by atoms with Gasteiger partial charge in [-0.25, -0.2) is 8.42 Å². The summed E-state index contributed by atoms with van der Waals surface area (Å²) in [4.78, 5) is -0.0211. The number of anilines is 1. The van der Waals surface area contributed by atoms with Crippen molar-refractivity contribution in [3.63, 3.8) is 0 Å². The van der Waals surface area contributed by atoms with Crippen molar-refractivity contribution in [3.05, 3.63) is 42.4 Å². The topological polar surface area (TPSA) is 59.8 Å². The van der Waals surface area contributed by atoms with Gasteiger partial charge in [0, 0.05) is 6.54 Å². The van der Waals surface area contributed by atoms with E-state index < -0.39 is 16.6 Å². The average Bonchev–Trinajstić information content (AvgIpc) is 3.01. The van der Waals surface area contributed by atoms with E-state index in [1.54, 1.807) is 12.1 Å². The minimum absolute atomic E-state index is 0.0211. The number of furan rings is 1. The van der Waals surface area contributed by atoms with E-state index >= 15 is 0 Å². The normalized spacial score (nSPS) is 15.0. The molecule has 0 atom stereocenters. The molecule has 0 spiro atoms. The summed E-state index contributed by atoms with van der Waals surface area (Å²) in [6.07, 6.45) is 3.56. The van der Waals surface area contributed by atoms with Gasteiger partial charge in [-0.2, -0.15) is 8.78 Å². The minimum atomic E-state index is -3.88. The molecular weight excluding hydrogens is 316 g/mol. The third-order valence-corrected chi connectivity index (χ3v) is 5.21. The molecule has 1 aliphatic heterocycles. The highest BCUT2D eigenvalue weighted by Gasteiger charge is 2.32. The molecule has 0 radical (unpaired) electrons. The Morgan fingerprint density at radius 3 is 2.77 bits per heavy atom. The summed E-state index contributed by atoms with van der Waals surface area (Å²) in [7, 11) is -3.88.